The SMILES string of the molecule is C=O.C=O.C=O.Cc1ccc(OCC(C)OC(=O)c2ccc(C)cc2)cc1. The largest absolute Gasteiger partial charge is 0.490 e. The number of rotatable bonds is 5. The summed E-state index contributed by atoms with van der Waals surface area (Å²) in [6, 6.07) is 15.1. The first-order valence-corrected chi connectivity index (χ1v) is 7.88. The van der Waals surface area contributed by atoms with Gasteiger partial charge in [-0.1, -0.05) is 35.4 Å². The summed E-state index contributed by atoms with van der Waals surface area (Å²) in [7, 11) is 0. The molecule has 0 fully saturated rings. The number of carbonyl (C=O) groups excluding carboxylic acids is 4. The van der Waals surface area contributed by atoms with Gasteiger partial charge in [0.2, 0.25) is 0 Å². The molecule has 0 aliphatic carbocycles. The van der Waals surface area contributed by atoms with Crippen molar-refractivity contribution in [1.82, 2.24) is 0 Å². The van der Waals surface area contributed by atoms with E-state index in [1.54, 1.807) is 12.1 Å². The van der Waals surface area contributed by atoms with E-state index >= 15 is 0 Å². The molecule has 0 saturated carbocycles. The summed E-state index contributed by atoms with van der Waals surface area (Å²) in [4.78, 5) is 35.9. The molecule has 0 N–H and O–H groups in total. The molecule has 0 bridgehead atoms. The highest BCUT2D eigenvalue weighted by atomic mass is 16.6. The second-order valence-corrected chi connectivity index (χ2v) is 5.21. The molecule has 0 saturated heterocycles. The van der Waals surface area contributed by atoms with Gasteiger partial charge in [-0.2, -0.15) is 0 Å². The van der Waals surface area contributed by atoms with E-state index in [1.807, 2.05) is 77.5 Å². The fraction of sp³-hybridized carbons (Fsp3) is 0.238. The highest BCUT2D eigenvalue weighted by molar-refractivity contribution is 5.89. The first-order chi connectivity index (χ1) is 13.0. The van der Waals surface area contributed by atoms with E-state index in [2.05, 4.69) is 0 Å². The van der Waals surface area contributed by atoms with Crippen LogP contribution in [0.25, 0.3) is 0 Å². The molecule has 0 spiro atoms. The van der Waals surface area contributed by atoms with Crippen molar-refractivity contribution in [2.75, 3.05) is 6.61 Å². The summed E-state index contributed by atoms with van der Waals surface area (Å²) in [5.41, 5.74) is 2.85. The molecule has 2 aromatic rings. The molecule has 0 radical (unpaired) electrons. The predicted molar refractivity (Wildman–Crippen MR) is 104 cm³/mol. The normalized spacial score (nSPS) is 9.59. The Labute approximate surface area is 160 Å². The fourth-order valence-corrected chi connectivity index (χ4v) is 1.82. The smallest absolute Gasteiger partial charge is 0.338 e. The van der Waals surface area contributed by atoms with E-state index in [0.717, 1.165) is 11.3 Å². The Morgan fingerprint density at radius 1 is 0.815 bits per heavy atom. The molecule has 6 nitrogen and oxygen atoms in total. The van der Waals surface area contributed by atoms with Crippen LogP contribution in [0.15, 0.2) is 48.5 Å². The number of carbonyl (C=O) groups is 4. The standard InChI is InChI=1S/C18H20O3.3CH2O/c1-13-4-8-16(9-5-13)18(19)21-15(3)12-20-17-10-6-14(2)7-11-17;3*1-2/h4-11,15H,12H2,1-3H3;3*1H2. The van der Waals surface area contributed by atoms with Crippen LogP contribution in [-0.4, -0.2) is 39.0 Å². The third-order valence-corrected chi connectivity index (χ3v) is 3.10. The molecule has 2 rings (SSSR count). The highest BCUT2D eigenvalue weighted by Crippen LogP contribution is 2.12. The Kier molecular flexibility index (Phi) is 15.6. The number of hydrogen-bond acceptors (Lipinski definition) is 6. The lowest BCUT2D eigenvalue weighted by Crippen LogP contribution is -2.22. The minimum atomic E-state index is -0.324. The van der Waals surface area contributed by atoms with Gasteiger partial charge >= 0.3 is 5.97 Å². The summed E-state index contributed by atoms with van der Waals surface area (Å²) in [5, 5.41) is 0. The summed E-state index contributed by atoms with van der Waals surface area (Å²) < 4.78 is 11.0. The first-order valence-electron chi connectivity index (χ1n) is 7.88. The number of benzene rings is 2. The maximum atomic E-state index is 11.9. The Morgan fingerprint density at radius 2 is 1.22 bits per heavy atom. The van der Waals surface area contributed by atoms with Gasteiger partial charge in [0.05, 0.1) is 5.56 Å². The molecule has 1 unspecified atom stereocenters. The van der Waals surface area contributed by atoms with Crippen LogP contribution < -0.4 is 4.74 Å². The quantitative estimate of drug-likeness (QED) is 0.746. The molecule has 27 heavy (non-hydrogen) atoms. The number of hydrogen-bond donors (Lipinski definition) is 0. The van der Waals surface area contributed by atoms with E-state index in [9.17, 15) is 4.79 Å². The predicted octanol–water partition coefficient (Wildman–Crippen LogP) is 3.37. The van der Waals surface area contributed by atoms with Crippen LogP contribution in [0.2, 0.25) is 0 Å². The Hall–Kier alpha value is -3.28. The average molecular weight is 374 g/mol. The number of esters is 1. The topological polar surface area (TPSA) is 86.7 Å². The van der Waals surface area contributed by atoms with Crippen molar-refractivity contribution in [2.24, 2.45) is 0 Å². The van der Waals surface area contributed by atoms with Crippen molar-refractivity contribution in [1.29, 1.82) is 0 Å². The van der Waals surface area contributed by atoms with Crippen LogP contribution in [0.1, 0.15) is 28.4 Å². The van der Waals surface area contributed by atoms with E-state index in [0.29, 0.717) is 12.2 Å². The van der Waals surface area contributed by atoms with Crippen LogP contribution in [0.4, 0.5) is 0 Å². The molecule has 1 atom stereocenters. The van der Waals surface area contributed by atoms with Gasteiger partial charge in [0.1, 0.15) is 38.8 Å². The lowest BCUT2D eigenvalue weighted by molar-refractivity contribution is -0.0987. The Morgan fingerprint density at radius 3 is 1.67 bits per heavy atom. The molecule has 0 heterocycles. The van der Waals surface area contributed by atoms with Gasteiger partial charge in [-0.25, -0.2) is 4.79 Å². The lowest BCUT2D eigenvalue weighted by Gasteiger charge is -2.14. The van der Waals surface area contributed by atoms with Gasteiger partial charge in [0.15, 0.2) is 0 Å². The molecular formula is C21H26O6. The van der Waals surface area contributed by atoms with Crippen LogP contribution in [0.5, 0.6) is 5.75 Å². The average Bonchev–Trinajstić information content (AvgIpc) is 2.72. The van der Waals surface area contributed by atoms with Crippen molar-refractivity contribution in [3.05, 3.63) is 65.2 Å². The number of ether oxygens (including phenoxy) is 2. The zero-order valence-corrected chi connectivity index (χ0v) is 16.0. The van der Waals surface area contributed by atoms with E-state index < -0.39 is 0 Å². The molecule has 0 aliphatic rings. The third kappa shape index (κ3) is 11.0. The fourth-order valence-electron chi connectivity index (χ4n) is 1.82. The molecule has 0 aromatic heterocycles. The minimum absolute atomic E-state index is 0.305. The Balaban J connectivity index is 0. The highest BCUT2D eigenvalue weighted by Gasteiger charge is 2.12. The summed E-state index contributed by atoms with van der Waals surface area (Å²) in [6.45, 7) is 12.2. The lowest BCUT2D eigenvalue weighted by atomic mass is 10.1. The van der Waals surface area contributed by atoms with Gasteiger partial charge in [0.25, 0.3) is 0 Å². The van der Waals surface area contributed by atoms with Crippen LogP contribution in [0, 0.1) is 13.8 Å². The second-order valence-electron chi connectivity index (χ2n) is 5.21. The van der Waals surface area contributed by atoms with Crippen LogP contribution >= 0.6 is 0 Å². The third-order valence-electron chi connectivity index (χ3n) is 3.10. The van der Waals surface area contributed by atoms with Gasteiger partial charge in [-0.3, -0.25) is 0 Å². The zero-order valence-electron chi connectivity index (χ0n) is 16.0. The maximum Gasteiger partial charge on any atom is 0.338 e. The monoisotopic (exact) mass is 374 g/mol. The van der Waals surface area contributed by atoms with Crippen molar-refractivity contribution < 1.29 is 28.7 Å². The molecule has 0 amide bonds. The summed E-state index contributed by atoms with van der Waals surface area (Å²) >= 11 is 0. The first kappa shape index (κ1) is 26.0. The van der Waals surface area contributed by atoms with Crippen LogP contribution in [0.3, 0.4) is 0 Å². The molecule has 0 aliphatic heterocycles. The van der Waals surface area contributed by atoms with E-state index in [1.165, 1.54) is 5.56 Å². The molecular weight excluding hydrogens is 348 g/mol. The molecule has 2 aromatic carbocycles. The Bertz CT molecular complexity index is 632. The molecule has 146 valence electrons. The molecule has 6 heteroatoms. The van der Waals surface area contributed by atoms with E-state index in [-0.39, 0.29) is 12.1 Å². The van der Waals surface area contributed by atoms with Crippen molar-refractivity contribution in [2.45, 2.75) is 26.9 Å². The zero-order chi connectivity index (χ0) is 21.2. The van der Waals surface area contributed by atoms with Gasteiger partial charge in [-0.15, -0.1) is 0 Å². The number of aryl methyl sites for hydroxylation is 2. The van der Waals surface area contributed by atoms with Crippen LogP contribution in [-0.2, 0) is 19.1 Å². The summed E-state index contributed by atoms with van der Waals surface area (Å²) in [6.07, 6.45) is -0.305. The summed E-state index contributed by atoms with van der Waals surface area (Å²) in [5.74, 6) is 0.453. The van der Waals surface area contributed by atoms with Gasteiger partial charge in [-0.05, 0) is 45.0 Å². The van der Waals surface area contributed by atoms with Gasteiger partial charge in [0, 0.05) is 0 Å². The van der Waals surface area contributed by atoms with Crippen molar-refractivity contribution in [3.63, 3.8) is 0 Å². The van der Waals surface area contributed by atoms with Gasteiger partial charge < -0.3 is 23.9 Å². The maximum absolute atomic E-state index is 11.9. The van der Waals surface area contributed by atoms with Crippen molar-refractivity contribution >= 4 is 26.3 Å². The minimum Gasteiger partial charge on any atom is -0.490 e. The van der Waals surface area contributed by atoms with E-state index in [4.69, 9.17) is 23.9 Å². The van der Waals surface area contributed by atoms with Crippen molar-refractivity contribution in [3.8, 4) is 5.75 Å². The second kappa shape index (κ2) is 16.2.